The maximum Gasteiger partial charge on any atom is 0.338 e. The molecule has 2 nitrogen and oxygen atoms in total. The molecule has 2 aromatic carbocycles. The minimum absolute atomic E-state index is 0.335. The Kier molecular flexibility index (Phi) is 3.68. The van der Waals surface area contributed by atoms with Gasteiger partial charge in [0, 0.05) is 5.02 Å². The van der Waals surface area contributed by atoms with Crippen molar-refractivity contribution in [1.82, 2.24) is 0 Å². The molecule has 0 aromatic heterocycles. The summed E-state index contributed by atoms with van der Waals surface area (Å²) in [4.78, 5) is 11.7. The molecular weight excluding hydrogens is 248 g/mol. The number of aryl methyl sites for hydroxylation is 1. The first kappa shape index (κ1) is 12.7. The second kappa shape index (κ2) is 5.23. The van der Waals surface area contributed by atoms with E-state index in [2.05, 4.69) is 0 Å². The largest absolute Gasteiger partial charge is 0.465 e. The number of benzene rings is 2. The Labute approximate surface area is 111 Å². The third-order valence-electron chi connectivity index (χ3n) is 2.80. The smallest absolute Gasteiger partial charge is 0.338 e. The number of ether oxygens (including phenoxy) is 1. The van der Waals surface area contributed by atoms with Crippen LogP contribution in [-0.2, 0) is 4.74 Å². The molecular formula is C15H13ClO2. The van der Waals surface area contributed by atoms with Crippen molar-refractivity contribution in [2.45, 2.75) is 6.92 Å². The number of methoxy groups -OCH3 is 1. The van der Waals surface area contributed by atoms with E-state index >= 15 is 0 Å². The van der Waals surface area contributed by atoms with E-state index in [-0.39, 0.29) is 5.97 Å². The van der Waals surface area contributed by atoms with Crippen LogP contribution in [0.25, 0.3) is 11.1 Å². The van der Waals surface area contributed by atoms with Crippen LogP contribution < -0.4 is 0 Å². The van der Waals surface area contributed by atoms with Crippen LogP contribution in [0, 0.1) is 6.92 Å². The van der Waals surface area contributed by atoms with Gasteiger partial charge in [0.1, 0.15) is 0 Å². The summed E-state index contributed by atoms with van der Waals surface area (Å²) in [7, 11) is 1.38. The normalized spacial score (nSPS) is 10.2. The summed E-state index contributed by atoms with van der Waals surface area (Å²) < 4.78 is 4.79. The molecule has 2 rings (SSSR count). The van der Waals surface area contributed by atoms with E-state index in [0.29, 0.717) is 10.6 Å². The van der Waals surface area contributed by atoms with Crippen molar-refractivity contribution >= 4 is 17.6 Å². The van der Waals surface area contributed by atoms with E-state index in [9.17, 15) is 4.79 Å². The number of carbonyl (C=O) groups excluding carboxylic acids is 1. The van der Waals surface area contributed by atoms with Gasteiger partial charge in [0.25, 0.3) is 0 Å². The van der Waals surface area contributed by atoms with Crippen LogP contribution in [0.15, 0.2) is 42.5 Å². The zero-order valence-corrected chi connectivity index (χ0v) is 11.0. The number of hydrogen-bond acceptors (Lipinski definition) is 2. The first-order chi connectivity index (χ1) is 8.63. The highest BCUT2D eigenvalue weighted by Gasteiger charge is 2.12. The SMILES string of the molecule is COC(=O)c1ccccc1-c1ccc(Cl)c(C)c1. The summed E-state index contributed by atoms with van der Waals surface area (Å²) in [6.07, 6.45) is 0. The lowest BCUT2D eigenvalue weighted by Crippen LogP contribution is -2.03. The van der Waals surface area contributed by atoms with E-state index in [1.54, 1.807) is 6.07 Å². The van der Waals surface area contributed by atoms with Gasteiger partial charge in [-0.15, -0.1) is 0 Å². The molecule has 0 N–H and O–H groups in total. The molecule has 18 heavy (non-hydrogen) atoms. The quantitative estimate of drug-likeness (QED) is 0.760. The number of halogens is 1. The maximum atomic E-state index is 11.7. The predicted molar refractivity (Wildman–Crippen MR) is 73.0 cm³/mol. The standard InChI is InChI=1S/C15H13ClO2/c1-10-9-11(7-8-14(10)16)12-5-3-4-6-13(12)15(17)18-2/h3-9H,1-2H3. The Hall–Kier alpha value is -1.80. The van der Waals surface area contributed by atoms with Crippen molar-refractivity contribution in [1.29, 1.82) is 0 Å². The second-order valence-electron chi connectivity index (χ2n) is 4.00. The van der Waals surface area contributed by atoms with Gasteiger partial charge in [-0.2, -0.15) is 0 Å². The summed E-state index contributed by atoms with van der Waals surface area (Å²) >= 11 is 6.01. The minimum atomic E-state index is -0.335. The molecule has 0 fully saturated rings. The monoisotopic (exact) mass is 260 g/mol. The Bertz CT molecular complexity index is 591. The molecule has 0 spiro atoms. The molecule has 3 heteroatoms. The Morgan fingerprint density at radius 3 is 2.56 bits per heavy atom. The van der Waals surface area contributed by atoms with Crippen LogP contribution in [0.1, 0.15) is 15.9 Å². The molecule has 0 heterocycles. The summed E-state index contributed by atoms with van der Waals surface area (Å²) in [5.74, 6) is -0.335. The molecule has 0 bridgehead atoms. The van der Waals surface area contributed by atoms with E-state index in [4.69, 9.17) is 16.3 Å². The average molecular weight is 261 g/mol. The number of carbonyl (C=O) groups is 1. The molecule has 0 aliphatic rings. The molecule has 2 aromatic rings. The zero-order chi connectivity index (χ0) is 13.1. The van der Waals surface area contributed by atoms with E-state index in [1.807, 2.05) is 43.3 Å². The van der Waals surface area contributed by atoms with Gasteiger partial charge in [-0.25, -0.2) is 4.79 Å². The minimum Gasteiger partial charge on any atom is -0.465 e. The fraction of sp³-hybridized carbons (Fsp3) is 0.133. The number of hydrogen-bond donors (Lipinski definition) is 0. The fourth-order valence-electron chi connectivity index (χ4n) is 1.84. The summed E-state index contributed by atoms with van der Waals surface area (Å²) in [6, 6.07) is 13.1. The lowest BCUT2D eigenvalue weighted by Gasteiger charge is -2.09. The average Bonchev–Trinajstić information content (AvgIpc) is 2.41. The topological polar surface area (TPSA) is 26.3 Å². The maximum absolute atomic E-state index is 11.7. The summed E-state index contributed by atoms with van der Waals surface area (Å²) in [6.45, 7) is 1.94. The van der Waals surface area contributed by atoms with Gasteiger partial charge in [0.15, 0.2) is 0 Å². The van der Waals surface area contributed by atoms with Crippen LogP contribution in [-0.4, -0.2) is 13.1 Å². The molecule has 0 amide bonds. The molecule has 0 radical (unpaired) electrons. The highest BCUT2D eigenvalue weighted by molar-refractivity contribution is 6.31. The molecule has 0 saturated heterocycles. The van der Waals surface area contributed by atoms with Crippen LogP contribution in [0.5, 0.6) is 0 Å². The van der Waals surface area contributed by atoms with Gasteiger partial charge in [0.2, 0.25) is 0 Å². The van der Waals surface area contributed by atoms with Gasteiger partial charge < -0.3 is 4.74 Å². The van der Waals surface area contributed by atoms with Crippen molar-refractivity contribution in [3.63, 3.8) is 0 Å². The van der Waals surface area contributed by atoms with Crippen molar-refractivity contribution < 1.29 is 9.53 Å². The highest BCUT2D eigenvalue weighted by atomic mass is 35.5. The highest BCUT2D eigenvalue weighted by Crippen LogP contribution is 2.27. The van der Waals surface area contributed by atoms with Gasteiger partial charge in [0.05, 0.1) is 12.7 Å². The number of rotatable bonds is 2. The van der Waals surface area contributed by atoms with E-state index < -0.39 is 0 Å². The van der Waals surface area contributed by atoms with Crippen molar-refractivity contribution in [3.05, 3.63) is 58.6 Å². The molecule has 0 atom stereocenters. The predicted octanol–water partition coefficient (Wildman–Crippen LogP) is 4.10. The number of esters is 1. The molecule has 0 aliphatic heterocycles. The van der Waals surface area contributed by atoms with Gasteiger partial charge in [-0.05, 0) is 41.8 Å². The van der Waals surface area contributed by atoms with Crippen molar-refractivity contribution in [2.24, 2.45) is 0 Å². The summed E-state index contributed by atoms with van der Waals surface area (Å²) in [5, 5.41) is 0.717. The molecule has 0 saturated carbocycles. The van der Waals surface area contributed by atoms with E-state index in [1.165, 1.54) is 7.11 Å². The fourth-order valence-corrected chi connectivity index (χ4v) is 1.95. The third kappa shape index (κ3) is 2.39. The molecule has 0 unspecified atom stereocenters. The van der Waals surface area contributed by atoms with Crippen LogP contribution in [0.2, 0.25) is 5.02 Å². The van der Waals surface area contributed by atoms with Crippen LogP contribution in [0.3, 0.4) is 0 Å². The van der Waals surface area contributed by atoms with Gasteiger partial charge in [-0.1, -0.05) is 35.9 Å². The first-order valence-corrected chi connectivity index (χ1v) is 5.95. The summed E-state index contributed by atoms with van der Waals surface area (Å²) in [5.41, 5.74) is 3.34. The second-order valence-corrected chi connectivity index (χ2v) is 4.41. The van der Waals surface area contributed by atoms with Crippen LogP contribution in [0.4, 0.5) is 0 Å². The van der Waals surface area contributed by atoms with E-state index in [0.717, 1.165) is 16.7 Å². The van der Waals surface area contributed by atoms with Crippen LogP contribution >= 0.6 is 11.6 Å². The Morgan fingerprint density at radius 1 is 1.17 bits per heavy atom. The van der Waals surface area contributed by atoms with Gasteiger partial charge in [-0.3, -0.25) is 0 Å². The lowest BCUT2D eigenvalue weighted by molar-refractivity contribution is 0.0601. The lowest BCUT2D eigenvalue weighted by atomic mass is 9.98. The Balaban J connectivity index is 2.56. The zero-order valence-electron chi connectivity index (χ0n) is 10.2. The van der Waals surface area contributed by atoms with Crippen molar-refractivity contribution in [2.75, 3.05) is 7.11 Å². The van der Waals surface area contributed by atoms with Gasteiger partial charge >= 0.3 is 5.97 Å². The molecule has 0 aliphatic carbocycles. The third-order valence-corrected chi connectivity index (χ3v) is 3.23. The Morgan fingerprint density at radius 2 is 1.89 bits per heavy atom. The molecule has 92 valence electrons. The van der Waals surface area contributed by atoms with Crippen molar-refractivity contribution in [3.8, 4) is 11.1 Å². The first-order valence-electron chi connectivity index (χ1n) is 5.57.